The number of carboxylic acids is 1. The molecular weight excluding hydrogens is 256 g/mol. The van der Waals surface area contributed by atoms with Gasteiger partial charge in [0.05, 0.1) is 19.1 Å². The maximum absolute atomic E-state index is 11.7. The summed E-state index contributed by atoms with van der Waals surface area (Å²) in [6, 6.07) is -0.571. The number of carbonyl (C=O) groups is 3. The molecule has 8 nitrogen and oxygen atoms in total. The molecule has 2 amide bonds. The number of esters is 1. The molecule has 0 saturated carbocycles. The lowest BCUT2D eigenvalue weighted by atomic mass is 10.0. The zero-order valence-electron chi connectivity index (χ0n) is 11.3. The average molecular weight is 276 g/mol. The first kappa shape index (κ1) is 17.2. The monoisotopic (exact) mass is 276 g/mol. The third-order valence-electron chi connectivity index (χ3n) is 2.37. The Bertz CT molecular complexity index is 342. The van der Waals surface area contributed by atoms with Crippen molar-refractivity contribution < 1.29 is 29.3 Å². The Morgan fingerprint density at radius 1 is 1.37 bits per heavy atom. The number of amides is 2. The van der Waals surface area contributed by atoms with Gasteiger partial charge in [-0.1, -0.05) is 0 Å². The maximum atomic E-state index is 11.7. The van der Waals surface area contributed by atoms with Gasteiger partial charge in [0.2, 0.25) is 0 Å². The smallest absolute Gasteiger partial charge is 0.325 e. The van der Waals surface area contributed by atoms with Crippen LogP contribution in [-0.2, 0) is 14.3 Å². The minimum Gasteiger partial charge on any atom is -0.481 e. The number of urea groups is 1. The summed E-state index contributed by atoms with van der Waals surface area (Å²) in [5, 5.41) is 20.7. The van der Waals surface area contributed by atoms with E-state index in [4.69, 9.17) is 5.11 Å². The molecule has 0 aromatic rings. The molecule has 0 rings (SSSR count). The van der Waals surface area contributed by atoms with Gasteiger partial charge in [0, 0.05) is 13.1 Å². The molecule has 1 unspecified atom stereocenters. The summed E-state index contributed by atoms with van der Waals surface area (Å²) >= 11 is 0. The van der Waals surface area contributed by atoms with Crippen molar-refractivity contribution in [1.29, 1.82) is 0 Å². The van der Waals surface area contributed by atoms with E-state index in [0.29, 0.717) is 0 Å². The highest BCUT2D eigenvalue weighted by Crippen LogP contribution is 2.07. The maximum Gasteiger partial charge on any atom is 0.325 e. The zero-order chi connectivity index (χ0) is 15.1. The second kappa shape index (κ2) is 7.57. The Kier molecular flexibility index (Phi) is 6.84. The fourth-order valence-corrected chi connectivity index (χ4v) is 1.31. The molecule has 0 heterocycles. The summed E-state index contributed by atoms with van der Waals surface area (Å²) in [5.74, 6) is -1.73. The predicted octanol–water partition coefficient (Wildman–Crippen LogP) is -0.583. The van der Waals surface area contributed by atoms with E-state index >= 15 is 0 Å². The highest BCUT2D eigenvalue weighted by Gasteiger charge is 2.26. The average Bonchev–Trinajstić information content (AvgIpc) is 2.31. The van der Waals surface area contributed by atoms with Gasteiger partial charge in [0.1, 0.15) is 6.54 Å². The third-order valence-corrected chi connectivity index (χ3v) is 2.37. The normalized spacial score (nSPS) is 13.3. The quantitative estimate of drug-likeness (QED) is 0.535. The first-order chi connectivity index (χ1) is 8.71. The molecule has 0 aliphatic heterocycles. The van der Waals surface area contributed by atoms with Gasteiger partial charge in [-0.25, -0.2) is 4.79 Å². The first-order valence-corrected chi connectivity index (χ1v) is 5.75. The molecule has 19 heavy (non-hydrogen) atoms. The summed E-state index contributed by atoms with van der Waals surface area (Å²) in [4.78, 5) is 34.4. The molecule has 0 aromatic carbocycles. The number of aliphatic carboxylic acids is 1. The van der Waals surface area contributed by atoms with Crippen LogP contribution in [0, 0.1) is 0 Å². The lowest BCUT2D eigenvalue weighted by molar-refractivity contribution is -0.142. The number of carbonyl (C=O) groups excluding carboxylic acids is 2. The molecular formula is C11H20N2O6. The third kappa shape index (κ3) is 7.24. The Hall–Kier alpha value is -1.83. The summed E-state index contributed by atoms with van der Waals surface area (Å²) in [5.41, 5.74) is -1.55. The van der Waals surface area contributed by atoms with Gasteiger partial charge < -0.3 is 25.2 Å². The molecule has 3 N–H and O–H groups in total. The summed E-state index contributed by atoms with van der Waals surface area (Å²) in [6.07, 6.45) is -0.490. The van der Waals surface area contributed by atoms with E-state index in [-0.39, 0.29) is 19.6 Å². The number of carboxylic acid groups (broad SMARTS) is 1. The van der Waals surface area contributed by atoms with Crippen LogP contribution in [0.25, 0.3) is 0 Å². The van der Waals surface area contributed by atoms with Crippen LogP contribution in [0.3, 0.4) is 0 Å². The van der Waals surface area contributed by atoms with Crippen LogP contribution in [0.1, 0.15) is 20.3 Å². The number of hydrogen-bond acceptors (Lipinski definition) is 5. The molecule has 110 valence electrons. The van der Waals surface area contributed by atoms with E-state index in [1.165, 1.54) is 18.9 Å². The highest BCUT2D eigenvalue weighted by atomic mass is 16.5. The van der Waals surface area contributed by atoms with Crippen molar-refractivity contribution in [2.75, 3.05) is 26.7 Å². The molecule has 0 radical (unpaired) electrons. The number of methoxy groups -OCH3 is 1. The molecule has 0 aliphatic rings. The van der Waals surface area contributed by atoms with Crippen LogP contribution in [0.2, 0.25) is 0 Å². The molecule has 0 fully saturated rings. The Labute approximate surface area is 111 Å². The first-order valence-electron chi connectivity index (χ1n) is 5.75. The lowest BCUT2D eigenvalue weighted by Gasteiger charge is -2.25. The van der Waals surface area contributed by atoms with Gasteiger partial charge in [-0.05, 0) is 13.8 Å². The summed E-state index contributed by atoms with van der Waals surface area (Å²) in [7, 11) is 1.21. The van der Waals surface area contributed by atoms with Crippen molar-refractivity contribution in [3.8, 4) is 0 Å². The molecule has 0 aliphatic carbocycles. The molecule has 0 spiro atoms. The lowest BCUT2D eigenvalue weighted by Crippen LogP contribution is -2.48. The van der Waals surface area contributed by atoms with Gasteiger partial charge >= 0.3 is 18.0 Å². The molecule has 8 heteroatoms. The largest absolute Gasteiger partial charge is 0.481 e. The Morgan fingerprint density at radius 2 is 1.95 bits per heavy atom. The van der Waals surface area contributed by atoms with Crippen molar-refractivity contribution in [2.24, 2.45) is 0 Å². The molecule has 0 aromatic heterocycles. The predicted molar refractivity (Wildman–Crippen MR) is 65.5 cm³/mol. The zero-order valence-corrected chi connectivity index (χ0v) is 11.3. The number of ether oxygens (including phenoxy) is 1. The van der Waals surface area contributed by atoms with Gasteiger partial charge in [-0.3, -0.25) is 9.59 Å². The number of likely N-dealkylation sites (N-methyl/N-ethyl adjacent to an activating group) is 1. The van der Waals surface area contributed by atoms with Crippen LogP contribution < -0.4 is 5.32 Å². The SMILES string of the molecule is CCN(CC(=O)OC)C(=O)NCC(C)(O)CC(=O)O. The second-order valence-electron chi connectivity index (χ2n) is 4.32. The fourth-order valence-electron chi connectivity index (χ4n) is 1.31. The van der Waals surface area contributed by atoms with Gasteiger partial charge in [0.15, 0.2) is 0 Å². The number of aliphatic hydroxyl groups is 1. The van der Waals surface area contributed by atoms with E-state index in [2.05, 4.69) is 10.1 Å². The van der Waals surface area contributed by atoms with E-state index in [0.717, 1.165) is 0 Å². The number of nitrogens with zero attached hydrogens (tertiary/aromatic N) is 1. The van der Waals surface area contributed by atoms with Crippen molar-refractivity contribution >= 4 is 18.0 Å². The van der Waals surface area contributed by atoms with Crippen molar-refractivity contribution in [1.82, 2.24) is 10.2 Å². The van der Waals surface area contributed by atoms with Crippen LogP contribution in [0.4, 0.5) is 4.79 Å². The van der Waals surface area contributed by atoms with Crippen molar-refractivity contribution in [3.63, 3.8) is 0 Å². The number of hydrogen-bond donors (Lipinski definition) is 3. The molecule has 0 saturated heterocycles. The van der Waals surface area contributed by atoms with Gasteiger partial charge in [0.25, 0.3) is 0 Å². The van der Waals surface area contributed by atoms with E-state index in [1.807, 2.05) is 0 Å². The highest BCUT2D eigenvalue weighted by molar-refractivity contribution is 5.81. The van der Waals surface area contributed by atoms with E-state index in [1.54, 1.807) is 6.92 Å². The number of nitrogens with one attached hydrogen (secondary N) is 1. The van der Waals surface area contributed by atoms with Crippen LogP contribution in [0.15, 0.2) is 0 Å². The standard InChI is InChI=1S/C11H20N2O6/c1-4-13(6-9(16)19-3)10(17)12-7-11(2,18)5-8(14)15/h18H,4-7H2,1-3H3,(H,12,17)(H,14,15). The van der Waals surface area contributed by atoms with Crippen molar-refractivity contribution in [2.45, 2.75) is 25.9 Å². The van der Waals surface area contributed by atoms with Gasteiger partial charge in [-0.2, -0.15) is 0 Å². The number of rotatable bonds is 7. The van der Waals surface area contributed by atoms with Crippen LogP contribution in [-0.4, -0.2) is 65.4 Å². The van der Waals surface area contributed by atoms with Gasteiger partial charge in [-0.15, -0.1) is 0 Å². The summed E-state index contributed by atoms with van der Waals surface area (Å²) < 4.78 is 4.44. The Morgan fingerprint density at radius 3 is 2.37 bits per heavy atom. The fraction of sp³-hybridized carbons (Fsp3) is 0.727. The Balaban J connectivity index is 4.34. The minimum absolute atomic E-state index is 0.208. The molecule has 1 atom stereocenters. The van der Waals surface area contributed by atoms with Crippen molar-refractivity contribution in [3.05, 3.63) is 0 Å². The summed E-state index contributed by atoms with van der Waals surface area (Å²) in [6.45, 7) is 2.83. The topological polar surface area (TPSA) is 116 Å². The van der Waals surface area contributed by atoms with E-state index < -0.39 is 30.0 Å². The van der Waals surface area contributed by atoms with Crippen LogP contribution in [0.5, 0.6) is 0 Å². The van der Waals surface area contributed by atoms with Crippen LogP contribution >= 0.6 is 0 Å². The van der Waals surface area contributed by atoms with E-state index in [9.17, 15) is 19.5 Å². The minimum atomic E-state index is -1.55. The molecule has 0 bridgehead atoms. The second-order valence-corrected chi connectivity index (χ2v) is 4.32.